The summed E-state index contributed by atoms with van der Waals surface area (Å²) < 4.78 is 31.5. The number of hydrogen-bond acceptors (Lipinski definition) is 5. The second-order valence-electron chi connectivity index (χ2n) is 5.13. The number of methoxy groups -OCH3 is 1. The second kappa shape index (κ2) is 7.80. The summed E-state index contributed by atoms with van der Waals surface area (Å²) in [6, 6.07) is 14.0. The smallest absolute Gasteiger partial charge is 0.326 e. The van der Waals surface area contributed by atoms with Crippen molar-refractivity contribution >= 4 is 33.3 Å². The molecular formula is C17H18N2O5S. The molecule has 2 aromatic rings. The monoisotopic (exact) mass is 362 g/mol. The second-order valence-corrected chi connectivity index (χ2v) is 6.99. The van der Waals surface area contributed by atoms with Crippen molar-refractivity contribution in [1.29, 1.82) is 0 Å². The molecule has 2 rings (SSSR count). The minimum Gasteiger partial charge on any atom is -0.468 e. The van der Waals surface area contributed by atoms with E-state index in [9.17, 15) is 18.0 Å². The Morgan fingerprint density at radius 1 is 1.04 bits per heavy atom. The third-order valence-corrected chi connectivity index (χ3v) is 5.10. The highest BCUT2D eigenvalue weighted by Crippen LogP contribution is 2.24. The number of amides is 1. The molecule has 0 radical (unpaired) electrons. The van der Waals surface area contributed by atoms with E-state index in [0.29, 0.717) is 11.4 Å². The average molecular weight is 362 g/mol. The van der Waals surface area contributed by atoms with Crippen LogP contribution in [0.1, 0.15) is 6.92 Å². The minimum atomic E-state index is -3.98. The quantitative estimate of drug-likeness (QED) is 0.794. The van der Waals surface area contributed by atoms with Crippen LogP contribution in [0.2, 0.25) is 0 Å². The third kappa shape index (κ3) is 4.57. The van der Waals surface area contributed by atoms with Gasteiger partial charge in [0.05, 0.1) is 17.7 Å². The van der Waals surface area contributed by atoms with E-state index in [4.69, 9.17) is 0 Å². The summed E-state index contributed by atoms with van der Waals surface area (Å²) in [6.45, 7) is 0.911. The van der Waals surface area contributed by atoms with Crippen LogP contribution in [0, 0.1) is 0 Å². The molecule has 8 heteroatoms. The van der Waals surface area contributed by atoms with Crippen molar-refractivity contribution in [3.8, 4) is 0 Å². The molecule has 25 heavy (non-hydrogen) atoms. The Morgan fingerprint density at radius 2 is 1.64 bits per heavy atom. The molecule has 0 saturated carbocycles. The summed E-state index contributed by atoms with van der Waals surface area (Å²) in [4.78, 5) is 22.7. The van der Waals surface area contributed by atoms with Crippen molar-refractivity contribution in [2.45, 2.75) is 11.8 Å². The van der Waals surface area contributed by atoms with Crippen molar-refractivity contribution in [1.82, 2.24) is 0 Å². The van der Waals surface area contributed by atoms with Gasteiger partial charge >= 0.3 is 5.97 Å². The zero-order chi connectivity index (χ0) is 18.4. The molecule has 0 atom stereocenters. The molecule has 1 amide bonds. The molecule has 0 saturated heterocycles. The number of carbonyl (C=O) groups is 2. The van der Waals surface area contributed by atoms with Crippen molar-refractivity contribution in [3.05, 3.63) is 54.6 Å². The molecule has 0 bridgehead atoms. The summed E-state index contributed by atoms with van der Waals surface area (Å²) in [7, 11) is -2.79. The highest BCUT2D eigenvalue weighted by atomic mass is 32.2. The largest absolute Gasteiger partial charge is 0.468 e. The lowest BCUT2D eigenvalue weighted by molar-refractivity contribution is -0.138. The highest BCUT2D eigenvalue weighted by molar-refractivity contribution is 7.92. The fourth-order valence-electron chi connectivity index (χ4n) is 2.13. The van der Waals surface area contributed by atoms with Gasteiger partial charge in [0, 0.05) is 12.6 Å². The number of carbonyl (C=O) groups excluding carboxylic acids is 2. The van der Waals surface area contributed by atoms with Crippen LogP contribution in [-0.4, -0.2) is 33.9 Å². The number of nitrogens with one attached hydrogen (secondary N) is 1. The maximum atomic E-state index is 12.9. The number of anilines is 2. The zero-order valence-corrected chi connectivity index (χ0v) is 14.6. The van der Waals surface area contributed by atoms with E-state index in [-0.39, 0.29) is 10.8 Å². The standard InChI is InChI=1S/C17H18N2O5S/c1-13(20)18-14-8-10-16(11-9-14)25(22,23)19(12-17(21)24-2)15-6-4-3-5-7-15/h3-11H,12H2,1-2H3,(H,18,20). The van der Waals surface area contributed by atoms with Gasteiger partial charge in [-0.05, 0) is 36.4 Å². The molecule has 0 fully saturated rings. The Hall–Kier alpha value is -2.87. The first-order chi connectivity index (χ1) is 11.8. The van der Waals surface area contributed by atoms with Gasteiger partial charge in [-0.1, -0.05) is 18.2 Å². The lowest BCUT2D eigenvalue weighted by atomic mass is 10.3. The third-order valence-electron chi connectivity index (χ3n) is 3.31. The lowest BCUT2D eigenvalue weighted by Crippen LogP contribution is -2.36. The molecule has 0 heterocycles. The maximum Gasteiger partial charge on any atom is 0.326 e. The fourth-order valence-corrected chi connectivity index (χ4v) is 3.54. The maximum absolute atomic E-state index is 12.9. The molecule has 0 aliphatic heterocycles. The van der Waals surface area contributed by atoms with E-state index in [2.05, 4.69) is 10.1 Å². The Labute approximate surface area is 146 Å². The normalized spacial score (nSPS) is 10.8. The molecule has 0 aliphatic carbocycles. The number of nitrogens with zero attached hydrogens (tertiary/aromatic N) is 1. The number of sulfonamides is 1. The van der Waals surface area contributed by atoms with Gasteiger partial charge in [0.1, 0.15) is 6.54 Å². The van der Waals surface area contributed by atoms with Crippen LogP contribution >= 0.6 is 0 Å². The van der Waals surface area contributed by atoms with Crippen molar-refractivity contribution in [2.24, 2.45) is 0 Å². The van der Waals surface area contributed by atoms with Crippen molar-refractivity contribution in [2.75, 3.05) is 23.3 Å². The van der Waals surface area contributed by atoms with E-state index in [1.807, 2.05) is 0 Å². The number of ether oxygens (including phenoxy) is 1. The van der Waals surface area contributed by atoms with Crippen LogP contribution in [0.3, 0.4) is 0 Å². The molecule has 132 valence electrons. The van der Waals surface area contributed by atoms with Crippen LogP contribution in [0.5, 0.6) is 0 Å². The number of hydrogen-bond donors (Lipinski definition) is 1. The number of rotatable bonds is 6. The molecule has 2 aromatic carbocycles. The summed E-state index contributed by atoms with van der Waals surface area (Å²) in [5.74, 6) is -0.936. The zero-order valence-electron chi connectivity index (χ0n) is 13.8. The summed E-state index contributed by atoms with van der Waals surface area (Å²) in [5, 5.41) is 2.56. The van der Waals surface area contributed by atoms with Crippen LogP contribution in [0.25, 0.3) is 0 Å². The van der Waals surface area contributed by atoms with Crippen LogP contribution in [0.15, 0.2) is 59.5 Å². The molecule has 0 unspecified atom stereocenters. The first-order valence-corrected chi connectivity index (χ1v) is 8.81. The van der Waals surface area contributed by atoms with Crippen molar-refractivity contribution in [3.63, 3.8) is 0 Å². The first-order valence-electron chi connectivity index (χ1n) is 7.37. The van der Waals surface area contributed by atoms with E-state index < -0.39 is 22.5 Å². The number of benzene rings is 2. The Bertz CT molecular complexity index is 848. The van der Waals surface area contributed by atoms with Gasteiger partial charge in [0.2, 0.25) is 5.91 Å². The topological polar surface area (TPSA) is 92.8 Å². The van der Waals surface area contributed by atoms with E-state index >= 15 is 0 Å². The van der Waals surface area contributed by atoms with E-state index in [1.54, 1.807) is 30.3 Å². The molecule has 0 aliphatic rings. The van der Waals surface area contributed by atoms with Gasteiger partial charge < -0.3 is 10.1 Å². The van der Waals surface area contributed by atoms with Crippen LogP contribution in [0.4, 0.5) is 11.4 Å². The van der Waals surface area contributed by atoms with Gasteiger partial charge in [-0.3, -0.25) is 13.9 Å². The predicted molar refractivity (Wildman–Crippen MR) is 93.7 cm³/mol. The molecular weight excluding hydrogens is 344 g/mol. The summed E-state index contributed by atoms with van der Waals surface area (Å²) >= 11 is 0. The van der Waals surface area contributed by atoms with Gasteiger partial charge in [-0.25, -0.2) is 8.42 Å². The SMILES string of the molecule is COC(=O)CN(c1ccccc1)S(=O)(=O)c1ccc(NC(C)=O)cc1. The van der Waals surface area contributed by atoms with Gasteiger partial charge in [0.15, 0.2) is 0 Å². The Balaban J connectivity index is 2.40. The number of esters is 1. The van der Waals surface area contributed by atoms with Crippen LogP contribution < -0.4 is 9.62 Å². The minimum absolute atomic E-state index is 0.00522. The van der Waals surface area contributed by atoms with Gasteiger partial charge in [-0.15, -0.1) is 0 Å². The summed E-state index contributed by atoms with van der Waals surface area (Å²) in [5.41, 5.74) is 0.824. The molecule has 1 N–H and O–H groups in total. The predicted octanol–water partition coefficient (Wildman–Crippen LogP) is 2.01. The lowest BCUT2D eigenvalue weighted by Gasteiger charge is -2.23. The fraction of sp³-hybridized carbons (Fsp3) is 0.176. The number of para-hydroxylation sites is 1. The van der Waals surface area contributed by atoms with Crippen molar-refractivity contribution < 1.29 is 22.7 Å². The Morgan fingerprint density at radius 3 is 2.16 bits per heavy atom. The van der Waals surface area contributed by atoms with Crippen LogP contribution in [-0.2, 0) is 24.3 Å². The molecule has 0 spiro atoms. The Kier molecular flexibility index (Phi) is 5.76. The van der Waals surface area contributed by atoms with Gasteiger partial charge in [-0.2, -0.15) is 0 Å². The van der Waals surface area contributed by atoms with E-state index in [0.717, 1.165) is 4.31 Å². The molecule has 7 nitrogen and oxygen atoms in total. The first kappa shape index (κ1) is 18.5. The summed E-state index contributed by atoms with van der Waals surface area (Å²) in [6.07, 6.45) is 0. The van der Waals surface area contributed by atoms with E-state index in [1.165, 1.54) is 38.3 Å². The van der Waals surface area contributed by atoms with Gasteiger partial charge in [0.25, 0.3) is 10.0 Å². The average Bonchev–Trinajstić information content (AvgIpc) is 2.60. The molecule has 0 aromatic heterocycles. The highest BCUT2D eigenvalue weighted by Gasteiger charge is 2.27.